The third-order valence-corrected chi connectivity index (χ3v) is 5.31. The van der Waals surface area contributed by atoms with Crippen LogP contribution in [0, 0.1) is 5.92 Å². The summed E-state index contributed by atoms with van der Waals surface area (Å²) in [6, 6.07) is 24.0. The number of benzene rings is 3. The van der Waals surface area contributed by atoms with E-state index in [1.54, 1.807) is 7.11 Å². The Morgan fingerprint density at radius 1 is 0.931 bits per heavy atom. The third-order valence-electron chi connectivity index (χ3n) is 5.31. The summed E-state index contributed by atoms with van der Waals surface area (Å²) in [4.78, 5) is 14.8. The lowest BCUT2D eigenvalue weighted by Gasteiger charge is -2.33. The van der Waals surface area contributed by atoms with E-state index in [1.165, 1.54) is 5.56 Å². The smallest absolute Gasteiger partial charge is 0.230 e. The van der Waals surface area contributed by atoms with Crippen LogP contribution in [0.5, 0.6) is 11.5 Å². The number of methoxy groups -OCH3 is 1. The molecule has 1 heterocycles. The van der Waals surface area contributed by atoms with Crippen LogP contribution in [0.4, 0.5) is 5.69 Å². The van der Waals surface area contributed by atoms with Gasteiger partial charge in [0.1, 0.15) is 18.1 Å². The Bertz CT molecular complexity index is 983. The molecule has 0 N–H and O–H groups in total. The first-order valence-electron chi connectivity index (χ1n) is 9.88. The molecule has 0 bridgehead atoms. The highest BCUT2D eigenvalue weighted by molar-refractivity contribution is 5.98. The molecule has 0 fully saturated rings. The van der Waals surface area contributed by atoms with Gasteiger partial charge in [-0.1, -0.05) is 55.5 Å². The van der Waals surface area contributed by atoms with Gasteiger partial charge in [0.25, 0.3) is 0 Å². The summed E-state index contributed by atoms with van der Waals surface area (Å²) in [6.45, 7) is 3.02. The van der Waals surface area contributed by atoms with Crippen molar-refractivity contribution >= 4 is 11.6 Å². The van der Waals surface area contributed by atoms with Crippen LogP contribution in [0.25, 0.3) is 0 Å². The molecule has 1 aliphatic heterocycles. The summed E-state index contributed by atoms with van der Waals surface area (Å²) < 4.78 is 11.2. The lowest BCUT2D eigenvalue weighted by atomic mass is 9.92. The molecule has 0 radical (unpaired) electrons. The Morgan fingerprint density at radius 2 is 1.66 bits per heavy atom. The first kappa shape index (κ1) is 19.1. The molecule has 1 unspecified atom stereocenters. The average molecular weight is 387 g/mol. The molecule has 0 saturated heterocycles. The van der Waals surface area contributed by atoms with E-state index in [9.17, 15) is 4.79 Å². The van der Waals surface area contributed by atoms with Crippen molar-refractivity contribution in [3.05, 3.63) is 89.5 Å². The van der Waals surface area contributed by atoms with Gasteiger partial charge >= 0.3 is 0 Å². The monoisotopic (exact) mass is 387 g/mol. The van der Waals surface area contributed by atoms with E-state index in [4.69, 9.17) is 9.47 Å². The Kier molecular flexibility index (Phi) is 5.52. The number of carbonyl (C=O) groups is 1. The van der Waals surface area contributed by atoms with Gasteiger partial charge in [0.2, 0.25) is 5.91 Å². The molecule has 0 aliphatic carbocycles. The predicted molar refractivity (Wildman–Crippen MR) is 114 cm³/mol. The van der Waals surface area contributed by atoms with E-state index in [-0.39, 0.29) is 11.8 Å². The van der Waals surface area contributed by atoms with Gasteiger partial charge in [-0.3, -0.25) is 4.79 Å². The van der Waals surface area contributed by atoms with Gasteiger partial charge in [0.15, 0.2) is 0 Å². The van der Waals surface area contributed by atoms with Gasteiger partial charge in [0, 0.05) is 12.0 Å². The summed E-state index contributed by atoms with van der Waals surface area (Å²) >= 11 is 0. The summed E-state index contributed by atoms with van der Waals surface area (Å²) in [5, 5.41) is 0. The van der Waals surface area contributed by atoms with Crippen LogP contribution in [0.15, 0.2) is 72.8 Å². The van der Waals surface area contributed by atoms with E-state index in [0.717, 1.165) is 34.7 Å². The van der Waals surface area contributed by atoms with Crippen LogP contribution >= 0.6 is 0 Å². The lowest BCUT2D eigenvalue weighted by Crippen LogP contribution is -2.39. The van der Waals surface area contributed by atoms with Gasteiger partial charge in [0.05, 0.1) is 19.3 Å². The van der Waals surface area contributed by atoms with Crippen molar-refractivity contribution in [2.24, 2.45) is 5.92 Å². The van der Waals surface area contributed by atoms with E-state index < -0.39 is 0 Å². The number of anilines is 1. The SMILES string of the molecule is COc1ccc(CN2C(=O)C(C)Cc3ccc(OCc4ccccc4)cc32)cc1. The fraction of sp³-hybridized carbons (Fsp3) is 0.240. The third kappa shape index (κ3) is 4.27. The largest absolute Gasteiger partial charge is 0.497 e. The number of fused-ring (bicyclic) bond motifs is 1. The summed E-state index contributed by atoms with van der Waals surface area (Å²) in [6.07, 6.45) is 0.756. The zero-order chi connectivity index (χ0) is 20.2. The van der Waals surface area contributed by atoms with Crippen molar-refractivity contribution in [3.63, 3.8) is 0 Å². The number of nitrogens with zero attached hydrogens (tertiary/aromatic N) is 1. The number of hydrogen-bond donors (Lipinski definition) is 0. The molecule has 1 amide bonds. The van der Waals surface area contributed by atoms with Crippen LogP contribution < -0.4 is 14.4 Å². The van der Waals surface area contributed by atoms with Gasteiger partial charge in [-0.25, -0.2) is 0 Å². The number of rotatable bonds is 6. The van der Waals surface area contributed by atoms with Crippen LogP contribution in [0.1, 0.15) is 23.6 Å². The van der Waals surface area contributed by atoms with Gasteiger partial charge in [-0.15, -0.1) is 0 Å². The summed E-state index contributed by atoms with van der Waals surface area (Å²) in [5.74, 6) is 1.70. The number of amides is 1. The van der Waals surface area contributed by atoms with Crippen LogP contribution in [-0.2, 0) is 24.4 Å². The molecule has 1 aliphatic rings. The highest BCUT2D eigenvalue weighted by Gasteiger charge is 2.30. The van der Waals surface area contributed by atoms with Crippen molar-refractivity contribution in [2.45, 2.75) is 26.5 Å². The minimum Gasteiger partial charge on any atom is -0.497 e. The molecule has 0 aromatic heterocycles. The lowest BCUT2D eigenvalue weighted by molar-refractivity contribution is -0.122. The zero-order valence-corrected chi connectivity index (χ0v) is 16.8. The van der Waals surface area contributed by atoms with E-state index in [1.807, 2.05) is 78.6 Å². The molecular formula is C25H25NO3. The molecule has 4 heteroatoms. The van der Waals surface area contributed by atoms with Crippen molar-refractivity contribution < 1.29 is 14.3 Å². The predicted octanol–water partition coefficient (Wildman–Crippen LogP) is 5.00. The zero-order valence-electron chi connectivity index (χ0n) is 16.8. The van der Waals surface area contributed by atoms with Crippen LogP contribution in [0.3, 0.4) is 0 Å². The molecule has 3 aromatic carbocycles. The van der Waals surface area contributed by atoms with E-state index in [2.05, 4.69) is 6.07 Å². The fourth-order valence-electron chi connectivity index (χ4n) is 3.68. The number of carbonyl (C=O) groups excluding carboxylic acids is 1. The maximum Gasteiger partial charge on any atom is 0.230 e. The molecular weight excluding hydrogens is 362 g/mol. The van der Waals surface area contributed by atoms with Crippen molar-refractivity contribution in [2.75, 3.05) is 12.0 Å². The number of ether oxygens (including phenoxy) is 2. The van der Waals surface area contributed by atoms with E-state index >= 15 is 0 Å². The molecule has 0 spiro atoms. The molecule has 4 rings (SSSR count). The highest BCUT2D eigenvalue weighted by atomic mass is 16.5. The highest BCUT2D eigenvalue weighted by Crippen LogP contribution is 2.35. The van der Waals surface area contributed by atoms with E-state index in [0.29, 0.717) is 13.2 Å². The second-order valence-corrected chi connectivity index (χ2v) is 7.44. The minimum absolute atomic E-state index is 0.0307. The second-order valence-electron chi connectivity index (χ2n) is 7.44. The normalized spacial score (nSPS) is 15.7. The fourth-order valence-corrected chi connectivity index (χ4v) is 3.68. The summed E-state index contributed by atoms with van der Waals surface area (Å²) in [5.41, 5.74) is 4.30. The Labute approximate surface area is 171 Å². The average Bonchev–Trinajstić information content (AvgIpc) is 2.77. The molecule has 1 atom stereocenters. The first-order chi connectivity index (χ1) is 14.1. The van der Waals surface area contributed by atoms with Crippen LogP contribution in [-0.4, -0.2) is 13.0 Å². The second kappa shape index (κ2) is 8.39. The van der Waals surface area contributed by atoms with Crippen molar-refractivity contribution in [1.29, 1.82) is 0 Å². The van der Waals surface area contributed by atoms with Crippen molar-refractivity contribution in [1.82, 2.24) is 0 Å². The first-order valence-corrected chi connectivity index (χ1v) is 9.88. The Balaban J connectivity index is 1.58. The maximum absolute atomic E-state index is 13.0. The topological polar surface area (TPSA) is 38.8 Å². The molecule has 4 nitrogen and oxygen atoms in total. The van der Waals surface area contributed by atoms with Gasteiger partial charge in [-0.05, 0) is 41.3 Å². The molecule has 3 aromatic rings. The van der Waals surface area contributed by atoms with Crippen molar-refractivity contribution in [3.8, 4) is 11.5 Å². The summed E-state index contributed by atoms with van der Waals surface area (Å²) in [7, 11) is 1.65. The number of hydrogen-bond acceptors (Lipinski definition) is 3. The van der Waals surface area contributed by atoms with Gasteiger partial charge < -0.3 is 14.4 Å². The Morgan fingerprint density at radius 3 is 2.38 bits per heavy atom. The van der Waals surface area contributed by atoms with Crippen LogP contribution in [0.2, 0.25) is 0 Å². The minimum atomic E-state index is -0.0307. The quantitative estimate of drug-likeness (QED) is 0.597. The maximum atomic E-state index is 13.0. The standard InChI is InChI=1S/C25H25NO3/c1-18-14-21-10-13-23(29-17-20-6-4-3-5-7-20)15-24(21)26(25(18)27)16-19-8-11-22(28-2)12-9-19/h3-13,15,18H,14,16-17H2,1-2H3. The molecule has 0 saturated carbocycles. The molecule has 29 heavy (non-hydrogen) atoms. The Hall–Kier alpha value is -3.27. The molecule has 148 valence electrons. The van der Waals surface area contributed by atoms with Gasteiger partial charge in [-0.2, -0.15) is 0 Å².